The Kier molecular flexibility index (Phi) is 8.35. The highest BCUT2D eigenvalue weighted by Crippen LogP contribution is 2.17. The molecule has 0 aliphatic heterocycles. The number of hydrogen-bond acceptors (Lipinski definition) is 3. The summed E-state index contributed by atoms with van der Waals surface area (Å²) >= 11 is 5.29. The van der Waals surface area contributed by atoms with E-state index in [2.05, 4.69) is 21.5 Å². The van der Waals surface area contributed by atoms with Crippen molar-refractivity contribution in [3.05, 3.63) is 64.7 Å². The van der Waals surface area contributed by atoms with Gasteiger partial charge in [0.15, 0.2) is 5.11 Å². The summed E-state index contributed by atoms with van der Waals surface area (Å²) in [5.74, 6) is -0.404. The first-order valence-electron chi connectivity index (χ1n) is 9.98. The Morgan fingerprint density at radius 1 is 0.933 bits per heavy atom. The first kappa shape index (κ1) is 23.3. The molecule has 2 aromatic rings. The molecular weight excluding hydrogens is 396 g/mol. The Labute approximate surface area is 183 Å². The lowest BCUT2D eigenvalue weighted by atomic mass is 10.0. The fourth-order valence-corrected chi connectivity index (χ4v) is 3.17. The lowest BCUT2D eigenvalue weighted by Crippen LogP contribution is -2.53. The Morgan fingerprint density at radius 3 is 2.27 bits per heavy atom. The van der Waals surface area contributed by atoms with Gasteiger partial charge in [-0.25, -0.2) is 0 Å². The molecule has 0 spiro atoms. The van der Waals surface area contributed by atoms with Crippen molar-refractivity contribution in [1.82, 2.24) is 16.2 Å². The third-order valence-corrected chi connectivity index (χ3v) is 5.07. The number of thiocarbonyl (C=S) groups is 1. The summed E-state index contributed by atoms with van der Waals surface area (Å²) in [6.07, 6.45) is 0.502. The van der Waals surface area contributed by atoms with Crippen LogP contribution >= 0.6 is 12.2 Å². The van der Waals surface area contributed by atoms with Crippen LogP contribution in [0.2, 0.25) is 0 Å². The molecule has 0 bridgehead atoms. The fourth-order valence-electron chi connectivity index (χ4n) is 3.01. The van der Waals surface area contributed by atoms with Gasteiger partial charge in [0.05, 0.1) is 0 Å². The molecule has 6 nitrogen and oxygen atoms in total. The molecule has 0 aromatic heterocycles. The van der Waals surface area contributed by atoms with Crippen molar-refractivity contribution in [1.29, 1.82) is 0 Å². The first-order chi connectivity index (χ1) is 14.2. The number of carbonyl (C=O) groups is 2. The number of benzene rings is 2. The second-order valence-electron chi connectivity index (χ2n) is 7.79. The predicted molar refractivity (Wildman–Crippen MR) is 125 cm³/mol. The molecule has 0 saturated heterocycles. The molecule has 2 aromatic carbocycles. The van der Waals surface area contributed by atoms with Gasteiger partial charge in [-0.05, 0) is 74.2 Å². The summed E-state index contributed by atoms with van der Waals surface area (Å²) < 4.78 is 0. The van der Waals surface area contributed by atoms with Gasteiger partial charge in [-0.15, -0.1) is 0 Å². The highest BCUT2D eigenvalue weighted by atomic mass is 32.1. The summed E-state index contributed by atoms with van der Waals surface area (Å²) in [6.45, 7) is 9.89. The predicted octanol–water partition coefficient (Wildman–Crippen LogP) is 3.77. The summed E-state index contributed by atoms with van der Waals surface area (Å²) in [5.41, 5.74) is 9.83. The molecule has 0 radical (unpaired) electrons. The maximum Gasteiger partial charge on any atom is 0.260 e. The quantitative estimate of drug-likeness (QED) is 0.418. The Balaban J connectivity index is 1.99. The Bertz CT molecular complexity index is 927. The van der Waals surface area contributed by atoms with Crippen LogP contribution in [0.3, 0.4) is 0 Å². The van der Waals surface area contributed by atoms with Gasteiger partial charge >= 0.3 is 0 Å². The Hall–Kier alpha value is -2.93. The number of hydrazine groups is 1. The number of nitrogens with one attached hydrogen (secondary N) is 4. The third kappa shape index (κ3) is 6.56. The van der Waals surface area contributed by atoms with E-state index in [1.54, 1.807) is 12.1 Å². The molecule has 0 aliphatic carbocycles. The van der Waals surface area contributed by atoms with Crippen molar-refractivity contribution >= 4 is 34.8 Å². The van der Waals surface area contributed by atoms with E-state index in [-0.39, 0.29) is 22.8 Å². The van der Waals surface area contributed by atoms with Gasteiger partial charge in [-0.2, -0.15) is 0 Å². The minimum absolute atomic E-state index is 0.220. The van der Waals surface area contributed by atoms with Crippen molar-refractivity contribution < 1.29 is 9.59 Å². The second kappa shape index (κ2) is 10.7. The summed E-state index contributed by atoms with van der Waals surface area (Å²) in [6, 6.07) is 12.5. The zero-order valence-electron chi connectivity index (χ0n) is 18.1. The SMILES string of the molecule is Cc1ccccc1C(=O)NC(CC(C)C)C(=O)NNC(=S)Nc1cccc(C)c1C. The van der Waals surface area contributed by atoms with Gasteiger partial charge < -0.3 is 10.6 Å². The molecular formula is C23H30N4O2S. The minimum atomic E-state index is -0.687. The number of hydrogen-bond donors (Lipinski definition) is 4. The zero-order chi connectivity index (χ0) is 22.3. The lowest BCUT2D eigenvalue weighted by molar-refractivity contribution is -0.123. The zero-order valence-corrected chi connectivity index (χ0v) is 18.9. The molecule has 0 saturated carbocycles. The summed E-state index contributed by atoms with van der Waals surface area (Å²) in [4.78, 5) is 25.4. The van der Waals surface area contributed by atoms with Crippen LogP contribution in [0.1, 0.15) is 47.3 Å². The molecule has 1 unspecified atom stereocenters. The van der Waals surface area contributed by atoms with Crippen LogP contribution in [0.25, 0.3) is 0 Å². The van der Waals surface area contributed by atoms with Crippen molar-refractivity contribution in [3.63, 3.8) is 0 Å². The van der Waals surface area contributed by atoms with Crippen molar-refractivity contribution in [2.45, 2.75) is 47.1 Å². The van der Waals surface area contributed by atoms with Crippen LogP contribution in [0.5, 0.6) is 0 Å². The monoisotopic (exact) mass is 426 g/mol. The lowest BCUT2D eigenvalue weighted by Gasteiger charge is -2.21. The number of anilines is 1. The van der Waals surface area contributed by atoms with Gasteiger partial charge in [0.25, 0.3) is 11.8 Å². The number of aryl methyl sites for hydroxylation is 2. The minimum Gasteiger partial charge on any atom is -0.340 e. The number of rotatable bonds is 6. The Morgan fingerprint density at radius 2 is 1.60 bits per heavy atom. The first-order valence-corrected chi connectivity index (χ1v) is 10.4. The average Bonchev–Trinajstić information content (AvgIpc) is 2.69. The highest BCUT2D eigenvalue weighted by Gasteiger charge is 2.23. The normalized spacial score (nSPS) is 11.5. The smallest absolute Gasteiger partial charge is 0.260 e. The summed E-state index contributed by atoms with van der Waals surface area (Å²) in [5, 5.41) is 6.19. The molecule has 2 rings (SSSR count). The molecule has 2 amide bonds. The molecule has 0 fully saturated rings. The van der Waals surface area contributed by atoms with Gasteiger partial charge in [0.1, 0.15) is 6.04 Å². The van der Waals surface area contributed by atoms with Crippen LogP contribution in [-0.4, -0.2) is 23.0 Å². The molecule has 30 heavy (non-hydrogen) atoms. The van der Waals surface area contributed by atoms with Gasteiger partial charge in [0, 0.05) is 11.3 Å². The molecule has 7 heteroatoms. The molecule has 0 heterocycles. The average molecular weight is 427 g/mol. The highest BCUT2D eigenvalue weighted by molar-refractivity contribution is 7.80. The summed E-state index contributed by atoms with van der Waals surface area (Å²) in [7, 11) is 0. The van der Waals surface area contributed by atoms with Gasteiger partial charge in [-0.1, -0.05) is 44.2 Å². The largest absolute Gasteiger partial charge is 0.340 e. The van der Waals surface area contributed by atoms with E-state index in [9.17, 15) is 9.59 Å². The number of amides is 2. The molecule has 4 N–H and O–H groups in total. The van der Waals surface area contributed by atoms with Crippen LogP contribution in [0, 0.1) is 26.7 Å². The van der Waals surface area contributed by atoms with Crippen LogP contribution in [0.4, 0.5) is 5.69 Å². The van der Waals surface area contributed by atoms with Crippen molar-refractivity contribution in [2.24, 2.45) is 5.92 Å². The maximum absolute atomic E-state index is 12.7. The van der Waals surface area contributed by atoms with E-state index >= 15 is 0 Å². The maximum atomic E-state index is 12.7. The standard InChI is InChI=1S/C23H30N4O2S/c1-14(2)13-20(24-21(28)18-11-7-6-9-16(18)4)22(29)26-27-23(30)25-19-12-8-10-15(3)17(19)5/h6-12,14,20H,13H2,1-5H3,(H,24,28)(H,26,29)(H2,25,27,30). The number of carbonyl (C=O) groups excluding carboxylic acids is 2. The van der Waals surface area contributed by atoms with Crippen LogP contribution in [-0.2, 0) is 4.79 Å². The molecule has 1 atom stereocenters. The second-order valence-corrected chi connectivity index (χ2v) is 8.19. The van der Waals surface area contributed by atoms with Gasteiger partial charge in [0.2, 0.25) is 0 Å². The van der Waals surface area contributed by atoms with E-state index in [1.165, 1.54) is 0 Å². The van der Waals surface area contributed by atoms with Crippen molar-refractivity contribution in [2.75, 3.05) is 5.32 Å². The van der Waals surface area contributed by atoms with E-state index in [0.29, 0.717) is 12.0 Å². The van der Waals surface area contributed by atoms with E-state index < -0.39 is 6.04 Å². The van der Waals surface area contributed by atoms with E-state index in [4.69, 9.17) is 12.2 Å². The molecule has 160 valence electrons. The van der Waals surface area contributed by atoms with Crippen LogP contribution in [0.15, 0.2) is 42.5 Å². The fraction of sp³-hybridized carbons (Fsp3) is 0.348. The van der Waals surface area contributed by atoms with Crippen LogP contribution < -0.4 is 21.5 Å². The third-order valence-electron chi connectivity index (χ3n) is 4.87. The van der Waals surface area contributed by atoms with Crippen molar-refractivity contribution in [3.8, 4) is 0 Å². The topological polar surface area (TPSA) is 82.3 Å². The van der Waals surface area contributed by atoms with E-state index in [0.717, 1.165) is 22.4 Å². The van der Waals surface area contributed by atoms with Gasteiger partial charge in [-0.3, -0.25) is 20.4 Å². The molecule has 0 aliphatic rings. The van der Waals surface area contributed by atoms with E-state index in [1.807, 2.05) is 65.0 Å².